The number of aromatic nitrogens is 3. The number of aromatic amines is 1. The molecule has 2 aromatic rings. The summed E-state index contributed by atoms with van der Waals surface area (Å²) in [5.74, 6) is -0.370. The molecule has 1 aromatic heterocycles. The fourth-order valence-electron chi connectivity index (χ4n) is 3.05. The molecule has 1 saturated heterocycles. The van der Waals surface area contributed by atoms with E-state index in [4.69, 9.17) is 0 Å². The molecule has 1 aromatic carbocycles. The lowest BCUT2D eigenvalue weighted by atomic mass is 9.74. The van der Waals surface area contributed by atoms with Crippen molar-refractivity contribution in [2.24, 2.45) is 0 Å². The first-order valence-corrected chi connectivity index (χ1v) is 7.73. The summed E-state index contributed by atoms with van der Waals surface area (Å²) >= 11 is 0. The zero-order valence-corrected chi connectivity index (χ0v) is 13.0. The molecule has 1 amide bonds. The quantitative estimate of drug-likeness (QED) is 0.791. The molecule has 0 spiro atoms. The topological polar surface area (TPSA) is 82.7 Å². The first-order valence-electron chi connectivity index (χ1n) is 7.73. The zero-order chi connectivity index (χ0) is 16.3. The van der Waals surface area contributed by atoms with Crippen LogP contribution in [-0.2, 0) is 16.8 Å². The van der Waals surface area contributed by atoms with E-state index >= 15 is 0 Å². The highest BCUT2D eigenvalue weighted by Gasteiger charge is 2.41. The average Bonchev–Trinajstić information content (AvgIpc) is 2.99. The van der Waals surface area contributed by atoms with E-state index in [1.54, 1.807) is 12.1 Å². The van der Waals surface area contributed by atoms with E-state index in [2.05, 4.69) is 26.0 Å². The van der Waals surface area contributed by atoms with E-state index in [1.807, 2.05) is 6.92 Å². The highest BCUT2D eigenvalue weighted by molar-refractivity contribution is 5.88. The Hall–Kier alpha value is -2.28. The molecule has 2 heterocycles. The van der Waals surface area contributed by atoms with E-state index in [9.17, 15) is 9.18 Å². The summed E-state index contributed by atoms with van der Waals surface area (Å²) in [5, 5.41) is 16.8. The molecule has 0 bridgehead atoms. The number of nitrogens with one attached hydrogen (secondary N) is 3. The second kappa shape index (κ2) is 6.45. The van der Waals surface area contributed by atoms with Crippen LogP contribution in [0.1, 0.15) is 29.8 Å². The molecule has 0 saturated carbocycles. The number of carbonyl (C=O) groups excluding carboxylic acids is 1. The molecule has 1 atom stereocenters. The smallest absolute Gasteiger partial charge is 0.232 e. The van der Waals surface area contributed by atoms with Gasteiger partial charge < -0.3 is 10.6 Å². The van der Waals surface area contributed by atoms with Gasteiger partial charge in [-0.05, 0) is 44.0 Å². The molecule has 122 valence electrons. The van der Waals surface area contributed by atoms with Crippen molar-refractivity contribution in [1.82, 2.24) is 26.0 Å². The zero-order valence-electron chi connectivity index (χ0n) is 13.0. The van der Waals surface area contributed by atoms with Crippen molar-refractivity contribution in [3.05, 3.63) is 47.0 Å². The minimum atomic E-state index is -0.677. The van der Waals surface area contributed by atoms with Crippen LogP contribution >= 0.6 is 0 Å². The van der Waals surface area contributed by atoms with Crippen LogP contribution in [0.4, 0.5) is 4.39 Å². The van der Waals surface area contributed by atoms with Gasteiger partial charge in [0.2, 0.25) is 5.91 Å². The van der Waals surface area contributed by atoms with E-state index in [1.165, 1.54) is 12.1 Å². The van der Waals surface area contributed by atoms with Crippen LogP contribution in [0.2, 0.25) is 0 Å². The molecular formula is C16H20FN5O. The van der Waals surface area contributed by atoms with Crippen molar-refractivity contribution in [3.63, 3.8) is 0 Å². The average molecular weight is 317 g/mol. The van der Waals surface area contributed by atoms with E-state index in [0.717, 1.165) is 36.3 Å². The van der Waals surface area contributed by atoms with Gasteiger partial charge in [-0.15, -0.1) is 0 Å². The molecule has 0 aliphatic carbocycles. The Morgan fingerprint density at radius 3 is 2.74 bits per heavy atom. The molecule has 1 aliphatic rings. The number of aryl methyl sites for hydroxylation is 1. The summed E-state index contributed by atoms with van der Waals surface area (Å²) < 4.78 is 13.2. The molecule has 1 fully saturated rings. The third kappa shape index (κ3) is 3.10. The van der Waals surface area contributed by atoms with Gasteiger partial charge in [-0.3, -0.25) is 4.79 Å². The minimum absolute atomic E-state index is 0.0706. The lowest BCUT2D eigenvalue weighted by Gasteiger charge is -2.36. The maximum atomic E-state index is 13.2. The van der Waals surface area contributed by atoms with Gasteiger partial charge >= 0.3 is 0 Å². The molecule has 23 heavy (non-hydrogen) atoms. The minimum Gasteiger partial charge on any atom is -0.349 e. The Morgan fingerprint density at radius 2 is 2.13 bits per heavy atom. The summed E-state index contributed by atoms with van der Waals surface area (Å²) in [6.07, 6.45) is 1.63. The van der Waals surface area contributed by atoms with Gasteiger partial charge in [0, 0.05) is 6.54 Å². The van der Waals surface area contributed by atoms with Crippen molar-refractivity contribution >= 4 is 5.91 Å². The first kappa shape index (κ1) is 15.6. The third-order valence-electron chi connectivity index (χ3n) is 4.45. The van der Waals surface area contributed by atoms with E-state index in [-0.39, 0.29) is 11.7 Å². The number of nitrogens with zero attached hydrogens (tertiary/aromatic N) is 2. The molecule has 3 rings (SSSR count). The van der Waals surface area contributed by atoms with Crippen LogP contribution in [-0.4, -0.2) is 34.4 Å². The Morgan fingerprint density at radius 1 is 1.35 bits per heavy atom. The summed E-state index contributed by atoms with van der Waals surface area (Å²) in [6.45, 7) is 3.59. The van der Waals surface area contributed by atoms with E-state index in [0.29, 0.717) is 13.1 Å². The van der Waals surface area contributed by atoms with Gasteiger partial charge in [0.15, 0.2) is 0 Å². The standard InChI is InChI=1S/C16H20FN5O/c1-11-14(21-22-20-11)9-19-15(23)16(7-2-8-18-10-16)12-3-5-13(17)6-4-12/h3-6,18H,2,7-10H2,1H3,(H,19,23)(H,20,21,22)/t16-/m1/s1. The predicted molar refractivity (Wildman–Crippen MR) is 83.1 cm³/mol. The normalized spacial score (nSPS) is 21.1. The second-order valence-electron chi connectivity index (χ2n) is 5.91. The van der Waals surface area contributed by atoms with Crippen LogP contribution in [0, 0.1) is 12.7 Å². The number of H-pyrrole nitrogens is 1. The number of benzene rings is 1. The number of hydrogen-bond donors (Lipinski definition) is 3. The number of halogens is 1. The first-order chi connectivity index (χ1) is 11.1. The highest BCUT2D eigenvalue weighted by atomic mass is 19.1. The maximum Gasteiger partial charge on any atom is 0.232 e. The van der Waals surface area contributed by atoms with Crippen molar-refractivity contribution in [2.75, 3.05) is 13.1 Å². The van der Waals surface area contributed by atoms with E-state index < -0.39 is 5.41 Å². The molecule has 0 unspecified atom stereocenters. The van der Waals surface area contributed by atoms with Crippen molar-refractivity contribution in [1.29, 1.82) is 0 Å². The molecule has 7 heteroatoms. The molecule has 3 N–H and O–H groups in total. The van der Waals surface area contributed by atoms with Crippen LogP contribution in [0.5, 0.6) is 0 Å². The molecule has 1 aliphatic heterocycles. The van der Waals surface area contributed by atoms with Gasteiger partial charge in [0.25, 0.3) is 0 Å². The Labute approximate surface area is 133 Å². The fourth-order valence-corrected chi connectivity index (χ4v) is 3.05. The number of piperidine rings is 1. The Bertz CT molecular complexity index is 676. The highest BCUT2D eigenvalue weighted by Crippen LogP contribution is 2.32. The van der Waals surface area contributed by atoms with Crippen LogP contribution < -0.4 is 10.6 Å². The summed E-state index contributed by atoms with van der Waals surface area (Å²) in [6, 6.07) is 6.20. The SMILES string of the molecule is Cc1n[nH]nc1CNC(=O)[C@]1(c2ccc(F)cc2)CCCNC1. The van der Waals surface area contributed by atoms with Crippen molar-refractivity contribution in [2.45, 2.75) is 31.7 Å². The number of rotatable bonds is 4. The summed E-state index contributed by atoms with van der Waals surface area (Å²) in [4.78, 5) is 12.9. The number of carbonyl (C=O) groups is 1. The lowest BCUT2D eigenvalue weighted by molar-refractivity contribution is -0.127. The Kier molecular flexibility index (Phi) is 4.38. The second-order valence-corrected chi connectivity index (χ2v) is 5.91. The van der Waals surface area contributed by atoms with Gasteiger partial charge in [-0.2, -0.15) is 15.4 Å². The summed E-state index contributed by atoms with van der Waals surface area (Å²) in [7, 11) is 0. The molecular weight excluding hydrogens is 297 g/mol. The molecule has 6 nitrogen and oxygen atoms in total. The third-order valence-corrected chi connectivity index (χ3v) is 4.45. The predicted octanol–water partition coefficient (Wildman–Crippen LogP) is 1.19. The van der Waals surface area contributed by atoms with Crippen LogP contribution in [0.15, 0.2) is 24.3 Å². The largest absolute Gasteiger partial charge is 0.349 e. The fraction of sp³-hybridized carbons (Fsp3) is 0.438. The van der Waals surface area contributed by atoms with Gasteiger partial charge in [-0.25, -0.2) is 4.39 Å². The number of hydrogen-bond acceptors (Lipinski definition) is 4. The number of amides is 1. The van der Waals surface area contributed by atoms with Crippen molar-refractivity contribution < 1.29 is 9.18 Å². The van der Waals surface area contributed by atoms with Crippen molar-refractivity contribution in [3.8, 4) is 0 Å². The maximum absolute atomic E-state index is 13.2. The van der Waals surface area contributed by atoms with Gasteiger partial charge in [0.05, 0.1) is 17.7 Å². The Balaban J connectivity index is 1.82. The lowest BCUT2D eigenvalue weighted by Crippen LogP contribution is -2.53. The van der Waals surface area contributed by atoms with Gasteiger partial charge in [-0.1, -0.05) is 12.1 Å². The van der Waals surface area contributed by atoms with Crippen LogP contribution in [0.25, 0.3) is 0 Å². The molecule has 0 radical (unpaired) electrons. The van der Waals surface area contributed by atoms with Crippen LogP contribution in [0.3, 0.4) is 0 Å². The van der Waals surface area contributed by atoms with Gasteiger partial charge in [0.1, 0.15) is 11.5 Å². The summed E-state index contributed by atoms with van der Waals surface area (Å²) in [5.41, 5.74) is 1.64. The monoisotopic (exact) mass is 317 g/mol.